The molecule has 0 heterocycles. The van der Waals surface area contributed by atoms with Crippen LogP contribution in [0.15, 0.2) is 18.2 Å². The highest BCUT2D eigenvalue weighted by Crippen LogP contribution is 2.23. The molecule has 70 valence electrons. The normalized spacial score (nSPS) is 9.62. The Morgan fingerprint density at radius 2 is 2.31 bits per heavy atom. The third-order valence-electron chi connectivity index (χ3n) is 1.65. The van der Waals surface area contributed by atoms with Gasteiger partial charge in [0, 0.05) is 0 Å². The lowest BCUT2D eigenvalue weighted by atomic mass is 10.1. The number of hydrogen-bond donors (Lipinski definition) is 2. The molecule has 1 amide bonds. The molecule has 1 aromatic rings. The van der Waals surface area contributed by atoms with E-state index in [0.717, 1.165) is 5.56 Å². The van der Waals surface area contributed by atoms with Gasteiger partial charge >= 0.3 is 6.09 Å². The lowest BCUT2D eigenvalue weighted by Crippen LogP contribution is -2.16. The van der Waals surface area contributed by atoms with Crippen LogP contribution in [0.3, 0.4) is 0 Å². The number of hydrogen-bond acceptors (Lipinski definition) is 3. The number of ether oxygens (including phenoxy) is 1. The number of phenols is 1. The number of phenolic OH excluding ortho intramolecular Hbond substituents is 1. The minimum absolute atomic E-state index is 0.194. The van der Waals surface area contributed by atoms with Crippen LogP contribution in [0.4, 0.5) is 4.79 Å². The Labute approximate surface area is 75.9 Å². The molecule has 4 nitrogen and oxygen atoms in total. The first kappa shape index (κ1) is 9.38. The molecule has 0 spiro atoms. The second-order valence-corrected chi connectivity index (χ2v) is 2.57. The fraction of sp³-hybridized carbons (Fsp3) is 0.222. The molecule has 0 unspecified atom stereocenters. The van der Waals surface area contributed by atoms with Gasteiger partial charge in [0.2, 0.25) is 0 Å². The highest BCUT2D eigenvalue weighted by Gasteiger charge is 2.03. The van der Waals surface area contributed by atoms with E-state index < -0.39 is 6.09 Å². The monoisotopic (exact) mass is 181 g/mol. The summed E-state index contributed by atoms with van der Waals surface area (Å²) in [7, 11) is 0. The number of rotatable bonds is 2. The zero-order chi connectivity index (χ0) is 9.84. The van der Waals surface area contributed by atoms with Gasteiger partial charge in [-0.1, -0.05) is 6.92 Å². The lowest BCUT2D eigenvalue weighted by Gasteiger charge is -2.04. The van der Waals surface area contributed by atoms with Crippen molar-refractivity contribution < 1.29 is 14.6 Å². The summed E-state index contributed by atoms with van der Waals surface area (Å²) in [5, 5.41) is 9.30. The summed E-state index contributed by atoms with van der Waals surface area (Å²) in [6.07, 6.45) is -0.185. The first-order chi connectivity index (χ1) is 6.13. The number of amides is 1. The maximum atomic E-state index is 10.4. The molecule has 0 saturated heterocycles. The Morgan fingerprint density at radius 1 is 1.62 bits per heavy atom. The number of nitrogens with two attached hydrogens (primary N) is 1. The summed E-state index contributed by atoms with van der Waals surface area (Å²) in [5.74, 6) is 0.543. The highest BCUT2D eigenvalue weighted by molar-refractivity contribution is 5.68. The highest BCUT2D eigenvalue weighted by atomic mass is 16.5. The molecule has 0 aromatic heterocycles. The van der Waals surface area contributed by atoms with Crippen LogP contribution in [-0.2, 0) is 6.42 Å². The molecule has 13 heavy (non-hydrogen) atoms. The van der Waals surface area contributed by atoms with Crippen molar-refractivity contribution in [3.05, 3.63) is 23.8 Å². The lowest BCUT2D eigenvalue weighted by molar-refractivity contribution is 0.211. The Hall–Kier alpha value is -1.71. The molecule has 1 aromatic carbocycles. The molecule has 4 heteroatoms. The Bertz CT molecular complexity index is 323. The molecule has 0 fully saturated rings. The van der Waals surface area contributed by atoms with Crippen molar-refractivity contribution in [2.75, 3.05) is 0 Å². The summed E-state index contributed by atoms with van der Waals surface area (Å²) in [6, 6.07) is 4.54. The van der Waals surface area contributed by atoms with Gasteiger partial charge in [-0.05, 0) is 30.2 Å². The van der Waals surface area contributed by atoms with E-state index in [9.17, 15) is 9.90 Å². The van der Waals surface area contributed by atoms with Crippen molar-refractivity contribution in [1.29, 1.82) is 0 Å². The maximum absolute atomic E-state index is 10.4. The van der Waals surface area contributed by atoms with Crippen molar-refractivity contribution in [3.8, 4) is 11.5 Å². The number of aromatic hydroxyl groups is 1. The Kier molecular flexibility index (Phi) is 2.74. The van der Waals surface area contributed by atoms with E-state index in [1.807, 2.05) is 6.92 Å². The van der Waals surface area contributed by atoms with Gasteiger partial charge in [0.05, 0.1) is 0 Å². The summed E-state index contributed by atoms with van der Waals surface area (Å²) in [6.45, 7) is 1.89. The topological polar surface area (TPSA) is 72.5 Å². The van der Waals surface area contributed by atoms with E-state index in [4.69, 9.17) is 5.73 Å². The number of aryl methyl sites for hydroxylation is 1. The van der Waals surface area contributed by atoms with E-state index in [1.165, 1.54) is 12.1 Å². The molecule has 0 aliphatic carbocycles. The van der Waals surface area contributed by atoms with Gasteiger partial charge in [-0.3, -0.25) is 0 Å². The summed E-state index contributed by atoms with van der Waals surface area (Å²) < 4.78 is 4.64. The molecule has 0 aliphatic rings. The van der Waals surface area contributed by atoms with Gasteiger partial charge < -0.3 is 15.6 Å². The van der Waals surface area contributed by atoms with E-state index >= 15 is 0 Å². The molecular weight excluding hydrogens is 170 g/mol. The molecular formula is C9H11NO3. The zero-order valence-electron chi connectivity index (χ0n) is 7.28. The van der Waals surface area contributed by atoms with Gasteiger partial charge in [0.1, 0.15) is 11.5 Å². The number of carbonyl (C=O) groups excluding carboxylic acids is 1. The van der Waals surface area contributed by atoms with Crippen molar-refractivity contribution in [2.24, 2.45) is 5.73 Å². The number of benzene rings is 1. The fourth-order valence-corrected chi connectivity index (χ4v) is 1.02. The van der Waals surface area contributed by atoms with Crippen molar-refractivity contribution in [3.63, 3.8) is 0 Å². The summed E-state index contributed by atoms with van der Waals surface area (Å²) >= 11 is 0. The number of primary amides is 1. The van der Waals surface area contributed by atoms with Crippen LogP contribution in [0.2, 0.25) is 0 Å². The first-order valence-electron chi connectivity index (χ1n) is 3.92. The van der Waals surface area contributed by atoms with Crippen LogP contribution in [0.1, 0.15) is 12.5 Å². The molecule has 0 atom stereocenters. The van der Waals surface area contributed by atoms with Crippen LogP contribution < -0.4 is 10.5 Å². The molecule has 0 radical (unpaired) electrons. The van der Waals surface area contributed by atoms with Crippen molar-refractivity contribution in [2.45, 2.75) is 13.3 Å². The van der Waals surface area contributed by atoms with Gasteiger partial charge in [-0.25, -0.2) is 4.79 Å². The van der Waals surface area contributed by atoms with E-state index in [1.54, 1.807) is 6.07 Å². The van der Waals surface area contributed by atoms with Crippen molar-refractivity contribution in [1.82, 2.24) is 0 Å². The summed E-state index contributed by atoms with van der Waals surface area (Å²) in [5.41, 5.74) is 5.55. The van der Waals surface area contributed by atoms with Crippen LogP contribution in [0.25, 0.3) is 0 Å². The van der Waals surface area contributed by atoms with Crippen LogP contribution in [0, 0.1) is 0 Å². The van der Waals surface area contributed by atoms with Crippen LogP contribution in [-0.4, -0.2) is 11.2 Å². The number of carbonyl (C=O) groups is 1. The van der Waals surface area contributed by atoms with E-state index in [0.29, 0.717) is 12.2 Å². The Morgan fingerprint density at radius 3 is 2.85 bits per heavy atom. The molecule has 1 rings (SSSR count). The van der Waals surface area contributed by atoms with E-state index in [-0.39, 0.29) is 5.75 Å². The largest absolute Gasteiger partial charge is 0.508 e. The SMILES string of the molecule is CCc1cc(OC(N)=O)ccc1O. The second-order valence-electron chi connectivity index (χ2n) is 2.57. The minimum Gasteiger partial charge on any atom is -0.508 e. The summed E-state index contributed by atoms with van der Waals surface area (Å²) in [4.78, 5) is 10.4. The smallest absolute Gasteiger partial charge is 0.409 e. The molecule has 0 bridgehead atoms. The average Bonchev–Trinajstić information content (AvgIpc) is 2.07. The van der Waals surface area contributed by atoms with Crippen LogP contribution in [0.5, 0.6) is 11.5 Å². The molecule has 0 aliphatic heterocycles. The van der Waals surface area contributed by atoms with Gasteiger partial charge in [-0.15, -0.1) is 0 Å². The van der Waals surface area contributed by atoms with Gasteiger partial charge in [0.15, 0.2) is 0 Å². The zero-order valence-corrected chi connectivity index (χ0v) is 7.28. The predicted molar refractivity (Wildman–Crippen MR) is 47.7 cm³/mol. The molecule has 0 saturated carbocycles. The quantitative estimate of drug-likeness (QED) is 0.724. The van der Waals surface area contributed by atoms with Gasteiger partial charge in [-0.2, -0.15) is 0 Å². The van der Waals surface area contributed by atoms with Crippen LogP contribution >= 0.6 is 0 Å². The van der Waals surface area contributed by atoms with Gasteiger partial charge in [0.25, 0.3) is 0 Å². The second kappa shape index (κ2) is 3.80. The maximum Gasteiger partial charge on any atom is 0.409 e. The third-order valence-corrected chi connectivity index (χ3v) is 1.65. The van der Waals surface area contributed by atoms with E-state index in [2.05, 4.69) is 4.74 Å². The predicted octanol–water partition coefficient (Wildman–Crippen LogP) is 1.41. The standard InChI is InChI=1S/C9H11NO3/c1-2-6-5-7(13-9(10)12)3-4-8(6)11/h3-5,11H,2H2,1H3,(H2,10,12). The Balaban J connectivity index is 2.92. The first-order valence-corrected chi connectivity index (χ1v) is 3.92. The fourth-order valence-electron chi connectivity index (χ4n) is 1.02. The minimum atomic E-state index is -0.854. The third kappa shape index (κ3) is 2.37. The van der Waals surface area contributed by atoms with Crippen molar-refractivity contribution >= 4 is 6.09 Å². The molecule has 3 N–H and O–H groups in total. The average molecular weight is 181 g/mol.